The van der Waals surface area contributed by atoms with Crippen molar-refractivity contribution in [1.29, 1.82) is 0 Å². The molecule has 0 spiro atoms. The van der Waals surface area contributed by atoms with Gasteiger partial charge in [-0.25, -0.2) is 9.59 Å². The summed E-state index contributed by atoms with van der Waals surface area (Å²) in [5.74, 6) is -1.34. The second-order valence-corrected chi connectivity index (χ2v) is 4.96. The molecule has 0 aliphatic carbocycles. The Labute approximate surface area is 125 Å². The third kappa shape index (κ3) is 3.85. The van der Waals surface area contributed by atoms with Gasteiger partial charge in [0, 0.05) is 18.8 Å². The highest BCUT2D eigenvalue weighted by Gasteiger charge is 2.20. The number of carbonyl (C=O) groups excluding carboxylic acids is 2. The van der Waals surface area contributed by atoms with E-state index in [9.17, 15) is 14.4 Å². The van der Waals surface area contributed by atoms with Crippen LogP contribution in [0, 0.1) is 0 Å². The zero-order valence-electron chi connectivity index (χ0n) is 11.1. The van der Waals surface area contributed by atoms with Crippen molar-refractivity contribution < 1.29 is 19.5 Å². The van der Waals surface area contributed by atoms with Crippen molar-refractivity contribution in [3.63, 3.8) is 0 Å². The van der Waals surface area contributed by atoms with Gasteiger partial charge in [0.25, 0.3) is 0 Å². The first-order valence-electron chi connectivity index (χ1n) is 6.33. The summed E-state index contributed by atoms with van der Waals surface area (Å²) in [5.41, 5.74) is 0.337. The van der Waals surface area contributed by atoms with Gasteiger partial charge in [0.05, 0.1) is 10.6 Å². The molecule has 1 aromatic carbocycles. The number of anilines is 1. The van der Waals surface area contributed by atoms with Gasteiger partial charge in [-0.05, 0) is 24.6 Å². The largest absolute Gasteiger partial charge is 0.478 e. The van der Waals surface area contributed by atoms with Gasteiger partial charge in [0.2, 0.25) is 5.91 Å². The summed E-state index contributed by atoms with van der Waals surface area (Å²) < 4.78 is 0. The maximum absolute atomic E-state index is 12.1. The first-order chi connectivity index (χ1) is 9.97. The molecular formula is C13H14ClN3O4. The van der Waals surface area contributed by atoms with E-state index in [4.69, 9.17) is 16.7 Å². The van der Waals surface area contributed by atoms with Crippen LogP contribution in [0.5, 0.6) is 0 Å². The van der Waals surface area contributed by atoms with Crippen LogP contribution in [0.1, 0.15) is 16.8 Å². The number of hydrogen-bond donors (Lipinski definition) is 3. The Morgan fingerprint density at radius 2 is 2.14 bits per heavy atom. The van der Waals surface area contributed by atoms with Crippen LogP contribution in [-0.4, -0.2) is 47.5 Å². The standard InChI is InChI=1S/C13H14ClN3O4/c14-10-6-8(2-3-9(10)12(19)20)16-13(21)17-5-1-4-15-11(18)7-17/h2-3,6H,1,4-5,7H2,(H,15,18)(H,16,21)(H,19,20). The fourth-order valence-corrected chi connectivity index (χ4v) is 2.21. The second-order valence-electron chi connectivity index (χ2n) is 4.55. The number of halogens is 1. The summed E-state index contributed by atoms with van der Waals surface area (Å²) in [5, 5.41) is 14.2. The Morgan fingerprint density at radius 1 is 1.38 bits per heavy atom. The molecule has 2 rings (SSSR count). The van der Waals surface area contributed by atoms with E-state index in [2.05, 4.69) is 10.6 Å². The van der Waals surface area contributed by atoms with Gasteiger partial charge in [-0.15, -0.1) is 0 Å². The van der Waals surface area contributed by atoms with E-state index in [0.29, 0.717) is 25.2 Å². The molecule has 1 fully saturated rings. The number of benzene rings is 1. The highest BCUT2D eigenvalue weighted by atomic mass is 35.5. The third-order valence-electron chi connectivity index (χ3n) is 3.00. The molecule has 1 aliphatic heterocycles. The number of nitrogens with zero attached hydrogens (tertiary/aromatic N) is 1. The lowest BCUT2D eigenvalue weighted by Crippen LogP contribution is -2.39. The van der Waals surface area contributed by atoms with Crippen molar-refractivity contribution in [2.45, 2.75) is 6.42 Å². The molecule has 0 saturated carbocycles. The minimum atomic E-state index is -1.14. The van der Waals surface area contributed by atoms with E-state index in [0.717, 1.165) is 0 Å². The zero-order valence-corrected chi connectivity index (χ0v) is 11.8. The average molecular weight is 312 g/mol. The summed E-state index contributed by atoms with van der Waals surface area (Å²) in [6, 6.07) is 3.70. The molecule has 3 N–H and O–H groups in total. The minimum Gasteiger partial charge on any atom is -0.478 e. The number of amides is 3. The Hall–Kier alpha value is -2.28. The molecule has 3 amide bonds. The van der Waals surface area contributed by atoms with E-state index in [1.165, 1.54) is 23.1 Å². The monoisotopic (exact) mass is 311 g/mol. The molecule has 0 atom stereocenters. The minimum absolute atomic E-state index is 0.00717. The van der Waals surface area contributed by atoms with Crippen molar-refractivity contribution >= 4 is 35.2 Å². The highest BCUT2D eigenvalue weighted by molar-refractivity contribution is 6.33. The van der Waals surface area contributed by atoms with Crippen LogP contribution in [0.2, 0.25) is 5.02 Å². The lowest BCUT2D eigenvalue weighted by atomic mass is 10.2. The quantitative estimate of drug-likeness (QED) is 0.768. The Bertz CT molecular complexity index is 591. The number of carbonyl (C=O) groups is 3. The van der Waals surface area contributed by atoms with Crippen LogP contribution >= 0.6 is 11.6 Å². The van der Waals surface area contributed by atoms with Crippen molar-refractivity contribution in [3.8, 4) is 0 Å². The Balaban J connectivity index is 2.07. The first-order valence-corrected chi connectivity index (χ1v) is 6.70. The lowest BCUT2D eigenvalue weighted by Gasteiger charge is -2.19. The SMILES string of the molecule is O=C1CN(C(=O)Nc2ccc(C(=O)O)c(Cl)c2)CCCN1. The lowest BCUT2D eigenvalue weighted by molar-refractivity contribution is -0.120. The van der Waals surface area contributed by atoms with Crippen molar-refractivity contribution in [3.05, 3.63) is 28.8 Å². The van der Waals surface area contributed by atoms with Crippen LogP contribution < -0.4 is 10.6 Å². The smallest absolute Gasteiger partial charge is 0.337 e. The van der Waals surface area contributed by atoms with Gasteiger partial charge in [0.15, 0.2) is 0 Å². The number of aromatic carboxylic acids is 1. The van der Waals surface area contributed by atoms with Gasteiger partial charge in [0.1, 0.15) is 6.54 Å². The summed E-state index contributed by atoms with van der Waals surface area (Å²) in [6.45, 7) is 1.00. The van der Waals surface area contributed by atoms with Gasteiger partial charge in [-0.1, -0.05) is 11.6 Å². The van der Waals surface area contributed by atoms with Gasteiger partial charge >= 0.3 is 12.0 Å². The molecule has 21 heavy (non-hydrogen) atoms. The molecule has 1 aromatic rings. The molecule has 0 radical (unpaired) electrons. The molecule has 0 aromatic heterocycles. The molecule has 7 nitrogen and oxygen atoms in total. The predicted octanol–water partition coefficient (Wildman–Crippen LogP) is 1.39. The normalized spacial score (nSPS) is 15.1. The molecule has 1 aliphatic rings. The number of carboxylic acids is 1. The summed E-state index contributed by atoms with van der Waals surface area (Å²) >= 11 is 5.83. The molecular weight excluding hydrogens is 298 g/mol. The molecule has 1 heterocycles. The predicted molar refractivity (Wildman–Crippen MR) is 76.6 cm³/mol. The molecule has 1 saturated heterocycles. The maximum atomic E-state index is 12.1. The van der Waals surface area contributed by atoms with Crippen LogP contribution in [0.15, 0.2) is 18.2 Å². The zero-order chi connectivity index (χ0) is 15.4. The van der Waals surface area contributed by atoms with E-state index < -0.39 is 12.0 Å². The number of hydrogen-bond acceptors (Lipinski definition) is 3. The molecule has 8 heteroatoms. The molecule has 0 unspecified atom stereocenters. The van der Waals surface area contributed by atoms with Crippen molar-refractivity contribution in [1.82, 2.24) is 10.2 Å². The molecule has 112 valence electrons. The summed E-state index contributed by atoms with van der Waals surface area (Å²) in [7, 11) is 0. The fourth-order valence-electron chi connectivity index (χ4n) is 1.95. The third-order valence-corrected chi connectivity index (χ3v) is 3.31. The maximum Gasteiger partial charge on any atom is 0.337 e. The van der Waals surface area contributed by atoms with Crippen LogP contribution in [0.25, 0.3) is 0 Å². The average Bonchev–Trinajstić information content (AvgIpc) is 2.63. The van der Waals surface area contributed by atoms with Gasteiger partial charge < -0.3 is 20.6 Å². The topological polar surface area (TPSA) is 98.7 Å². The first kappa shape index (κ1) is 15.1. The van der Waals surface area contributed by atoms with E-state index in [1.807, 2.05) is 0 Å². The number of nitrogens with one attached hydrogen (secondary N) is 2. The summed E-state index contributed by atoms with van der Waals surface area (Å²) in [6.07, 6.45) is 0.678. The van der Waals surface area contributed by atoms with Crippen molar-refractivity contribution in [2.75, 3.05) is 25.0 Å². The van der Waals surface area contributed by atoms with Crippen LogP contribution in [-0.2, 0) is 4.79 Å². The fraction of sp³-hybridized carbons (Fsp3) is 0.308. The number of rotatable bonds is 2. The number of urea groups is 1. The van der Waals surface area contributed by atoms with E-state index in [1.54, 1.807) is 0 Å². The summed E-state index contributed by atoms with van der Waals surface area (Å²) in [4.78, 5) is 35.7. The van der Waals surface area contributed by atoms with Gasteiger partial charge in [-0.2, -0.15) is 0 Å². The van der Waals surface area contributed by atoms with Crippen LogP contribution in [0.4, 0.5) is 10.5 Å². The van der Waals surface area contributed by atoms with E-state index >= 15 is 0 Å². The highest BCUT2D eigenvalue weighted by Crippen LogP contribution is 2.21. The second kappa shape index (κ2) is 6.45. The van der Waals surface area contributed by atoms with Crippen LogP contribution in [0.3, 0.4) is 0 Å². The van der Waals surface area contributed by atoms with Gasteiger partial charge in [-0.3, -0.25) is 4.79 Å². The Kier molecular flexibility index (Phi) is 4.64. The van der Waals surface area contributed by atoms with E-state index in [-0.39, 0.29) is 23.0 Å². The Morgan fingerprint density at radius 3 is 2.81 bits per heavy atom. The van der Waals surface area contributed by atoms with Crippen molar-refractivity contribution in [2.24, 2.45) is 0 Å². The molecule has 0 bridgehead atoms. The number of carboxylic acid groups (broad SMARTS) is 1.